The summed E-state index contributed by atoms with van der Waals surface area (Å²) in [5, 5.41) is 5.60. The lowest BCUT2D eigenvalue weighted by Gasteiger charge is -2.16. The second kappa shape index (κ2) is 7.02. The molecule has 0 radical (unpaired) electrons. The van der Waals surface area contributed by atoms with Crippen molar-refractivity contribution < 1.29 is 8.78 Å². The van der Waals surface area contributed by atoms with Crippen molar-refractivity contribution in [3.8, 4) is 22.5 Å². The van der Waals surface area contributed by atoms with E-state index < -0.39 is 11.6 Å². The summed E-state index contributed by atoms with van der Waals surface area (Å²) in [5.41, 5.74) is 2.28. The van der Waals surface area contributed by atoms with Gasteiger partial charge in [-0.25, -0.2) is 13.8 Å². The Balaban J connectivity index is 1.75. The van der Waals surface area contributed by atoms with Crippen molar-refractivity contribution in [3.05, 3.63) is 65.5 Å². The Morgan fingerprint density at radius 2 is 1.68 bits per heavy atom. The SMILES string of the molecule is Fc1cccc(F)c1-c1nc2scc(-c3ccccc3)n2c1NC1CCCC1. The molecule has 2 heterocycles. The Labute approximate surface area is 165 Å². The van der Waals surface area contributed by atoms with Crippen LogP contribution in [-0.2, 0) is 0 Å². The van der Waals surface area contributed by atoms with Gasteiger partial charge in [-0.15, -0.1) is 11.3 Å². The van der Waals surface area contributed by atoms with Crippen LogP contribution in [0, 0.1) is 11.6 Å². The molecule has 1 aliphatic rings. The van der Waals surface area contributed by atoms with Crippen LogP contribution < -0.4 is 5.32 Å². The van der Waals surface area contributed by atoms with Crippen molar-refractivity contribution >= 4 is 22.1 Å². The summed E-state index contributed by atoms with van der Waals surface area (Å²) in [6.45, 7) is 0. The first-order valence-electron chi connectivity index (χ1n) is 9.48. The van der Waals surface area contributed by atoms with Crippen molar-refractivity contribution in [2.45, 2.75) is 31.7 Å². The topological polar surface area (TPSA) is 29.3 Å². The van der Waals surface area contributed by atoms with Gasteiger partial charge in [0.1, 0.15) is 23.1 Å². The largest absolute Gasteiger partial charge is 0.367 e. The van der Waals surface area contributed by atoms with E-state index in [9.17, 15) is 8.78 Å². The molecule has 3 nitrogen and oxygen atoms in total. The second-order valence-electron chi connectivity index (χ2n) is 7.14. The third-order valence-corrected chi connectivity index (χ3v) is 6.15. The van der Waals surface area contributed by atoms with Gasteiger partial charge in [0.2, 0.25) is 0 Å². The van der Waals surface area contributed by atoms with Crippen molar-refractivity contribution in [3.63, 3.8) is 0 Å². The molecular formula is C22H19F2N3S. The number of halogens is 2. The molecule has 6 heteroatoms. The summed E-state index contributed by atoms with van der Waals surface area (Å²) in [6, 6.07) is 14.2. The third-order valence-electron chi connectivity index (χ3n) is 5.33. The maximum Gasteiger partial charge on any atom is 0.196 e. The van der Waals surface area contributed by atoms with Crippen LogP contribution in [0.1, 0.15) is 25.7 Å². The Hall–Kier alpha value is -2.73. The van der Waals surface area contributed by atoms with E-state index in [0.29, 0.717) is 11.5 Å². The Morgan fingerprint density at radius 1 is 0.964 bits per heavy atom. The summed E-state index contributed by atoms with van der Waals surface area (Å²) in [6.07, 6.45) is 4.44. The summed E-state index contributed by atoms with van der Waals surface area (Å²) in [5.74, 6) is -0.519. The van der Waals surface area contributed by atoms with E-state index >= 15 is 0 Å². The molecule has 0 aliphatic heterocycles. The molecule has 4 aromatic rings. The number of rotatable bonds is 4. The second-order valence-corrected chi connectivity index (χ2v) is 7.97. The fourth-order valence-electron chi connectivity index (χ4n) is 3.96. The monoisotopic (exact) mass is 395 g/mol. The van der Waals surface area contributed by atoms with E-state index in [0.717, 1.165) is 41.9 Å². The number of nitrogens with one attached hydrogen (secondary N) is 1. The fourth-order valence-corrected chi connectivity index (χ4v) is 4.86. The number of nitrogens with zero attached hydrogens (tertiary/aromatic N) is 2. The average molecular weight is 395 g/mol. The van der Waals surface area contributed by atoms with Crippen molar-refractivity contribution in [2.24, 2.45) is 0 Å². The molecule has 0 amide bonds. The minimum Gasteiger partial charge on any atom is -0.367 e. The van der Waals surface area contributed by atoms with Crippen molar-refractivity contribution in [1.29, 1.82) is 0 Å². The van der Waals surface area contributed by atoms with Gasteiger partial charge < -0.3 is 5.32 Å². The predicted octanol–water partition coefficient (Wildman–Crippen LogP) is 6.36. The van der Waals surface area contributed by atoms with Crippen LogP contribution >= 0.6 is 11.3 Å². The number of anilines is 1. The number of aromatic nitrogens is 2. The van der Waals surface area contributed by atoms with E-state index in [1.807, 2.05) is 40.1 Å². The molecule has 0 saturated heterocycles. The highest BCUT2D eigenvalue weighted by Gasteiger charge is 2.26. The first-order chi connectivity index (χ1) is 13.7. The van der Waals surface area contributed by atoms with Crippen LogP contribution in [-0.4, -0.2) is 15.4 Å². The lowest BCUT2D eigenvalue weighted by Crippen LogP contribution is -2.16. The van der Waals surface area contributed by atoms with E-state index in [4.69, 9.17) is 0 Å². The molecule has 0 spiro atoms. The third kappa shape index (κ3) is 2.88. The van der Waals surface area contributed by atoms with Gasteiger partial charge in [-0.1, -0.05) is 49.2 Å². The van der Waals surface area contributed by atoms with Gasteiger partial charge >= 0.3 is 0 Å². The zero-order valence-electron chi connectivity index (χ0n) is 15.2. The number of fused-ring (bicyclic) bond motifs is 1. The summed E-state index contributed by atoms with van der Waals surface area (Å²) in [4.78, 5) is 5.35. The molecule has 0 bridgehead atoms. The van der Waals surface area contributed by atoms with Crippen LogP contribution in [0.5, 0.6) is 0 Å². The number of hydrogen-bond acceptors (Lipinski definition) is 3. The quantitative estimate of drug-likeness (QED) is 0.435. The molecular weight excluding hydrogens is 376 g/mol. The summed E-state index contributed by atoms with van der Waals surface area (Å²) >= 11 is 1.48. The number of hydrogen-bond donors (Lipinski definition) is 1. The summed E-state index contributed by atoms with van der Waals surface area (Å²) < 4.78 is 31.1. The van der Waals surface area contributed by atoms with Crippen LogP contribution in [0.3, 0.4) is 0 Å². The van der Waals surface area contributed by atoms with Gasteiger partial charge in [0.25, 0.3) is 0 Å². The molecule has 1 aliphatic carbocycles. The maximum absolute atomic E-state index is 14.6. The smallest absolute Gasteiger partial charge is 0.196 e. The van der Waals surface area contributed by atoms with Crippen LogP contribution in [0.2, 0.25) is 0 Å². The molecule has 5 rings (SSSR count). The first-order valence-corrected chi connectivity index (χ1v) is 10.4. The van der Waals surface area contributed by atoms with Gasteiger partial charge in [0, 0.05) is 11.4 Å². The lowest BCUT2D eigenvalue weighted by atomic mass is 10.1. The zero-order chi connectivity index (χ0) is 19.1. The molecule has 1 fully saturated rings. The zero-order valence-corrected chi connectivity index (χ0v) is 16.0. The average Bonchev–Trinajstić information content (AvgIpc) is 3.42. The van der Waals surface area contributed by atoms with E-state index in [1.165, 1.54) is 29.5 Å². The van der Waals surface area contributed by atoms with Gasteiger partial charge in [-0.05, 0) is 30.5 Å². The molecule has 0 atom stereocenters. The fraction of sp³-hybridized carbons (Fsp3) is 0.227. The van der Waals surface area contributed by atoms with E-state index in [1.54, 1.807) is 0 Å². The molecule has 2 aromatic carbocycles. The Kier molecular flexibility index (Phi) is 4.36. The van der Waals surface area contributed by atoms with Crippen molar-refractivity contribution in [2.75, 3.05) is 5.32 Å². The van der Waals surface area contributed by atoms with Gasteiger partial charge in [0.05, 0.1) is 11.3 Å². The molecule has 1 saturated carbocycles. The highest BCUT2D eigenvalue weighted by Crippen LogP contribution is 2.39. The van der Waals surface area contributed by atoms with Crippen molar-refractivity contribution in [1.82, 2.24) is 9.38 Å². The molecule has 28 heavy (non-hydrogen) atoms. The molecule has 0 unspecified atom stereocenters. The number of imidazole rings is 1. The molecule has 142 valence electrons. The van der Waals surface area contributed by atoms with Crippen LogP contribution in [0.4, 0.5) is 14.6 Å². The normalized spacial score (nSPS) is 14.8. The van der Waals surface area contributed by atoms with E-state index in [-0.39, 0.29) is 11.6 Å². The number of benzene rings is 2. The molecule has 1 N–H and O–H groups in total. The van der Waals surface area contributed by atoms with E-state index in [2.05, 4.69) is 10.3 Å². The molecule has 2 aromatic heterocycles. The maximum atomic E-state index is 14.6. The Morgan fingerprint density at radius 3 is 2.39 bits per heavy atom. The standard InChI is InChI=1S/C22H19F2N3S/c23-16-11-6-12-17(24)19(16)20-21(25-15-9-4-5-10-15)27-18(13-28-22(27)26-20)14-7-2-1-3-8-14/h1-3,6-8,11-13,15,25H,4-5,9-10H2. The highest BCUT2D eigenvalue weighted by atomic mass is 32.1. The minimum absolute atomic E-state index is 0.0714. The van der Waals surface area contributed by atoms with Gasteiger partial charge in [0.15, 0.2) is 4.96 Å². The highest BCUT2D eigenvalue weighted by molar-refractivity contribution is 7.15. The van der Waals surface area contributed by atoms with Crippen LogP contribution in [0.15, 0.2) is 53.9 Å². The minimum atomic E-state index is -0.596. The van der Waals surface area contributed by atoms with Crippen LogP contribution in [0.25, 0.3) is 27.5 Å². The predicted molar refractivity (Wildman–Crippen MR) is 110 cm³/mol. The number of thiazole rings is 1. The lowest BCUT2D eigenvalue weighted by molar-refractivity contribution is 0.589. The van der Waals surface area contributed by atoms with Gasteiger partial charge in [-0.3, -0.25) is 4.40 Å². The summed E-state index contributed by atoms with van der Waals surface area (Å²) in [7, 11) is 0. The Bertz CT molecular complexity index is 1110. The van der Waals surface area contributed by atoms with Gasteiger partial charge in [-0.2, -0.15) is 0 Å². The first kappa shape index (κ1) is 17.4.